The molecular formula is C9H13N5O. The molecule has 15 heavy (non-hydrogen) atoms. The van der Waals surface area contributed by atoms with E-state index in [9.17, 15) is 0 Å². The zero-order valence-corrected chi connectivity index (χ0v) is 8.90. The summed E-state index contributed by atoms with van der Waals surface area (Å²) in [6, 6.07) is 0. The molecule has 0 amide bonds. The maximum absolute atomic E-state index is 5.58. The largest absolute Gasteiger partial charge is 0.474 e. The molecule has 2 N–H and O–H groups in total. The van der Waals surface area contributed by atoms with Crippen molar-refractivity contribution < 1.29 is 4.74 Å². The number of ether oxygens (including phenoxy) is 1. The standard InChI is InChI=1S/C9H13N5O/c1-5(2)15-8-6-4-11-14-7(6)12-9(10-3)13-8/h4-5H,1-3H3,(H2,10,11,12,13,14). The fourth-order valence-electron chi connectivity index (χ4n) is 1.23. The van der Waals surface area contributed by atoms with E-state index in [1.165, 1.54) is 0 Å². The number of nitrogens with one attached hydrogen (secondary N) is 2. The van der Waals surface area contributed by atoms with E-state index in [4.69, 9.17) is 4.74 Å². The van der Waals surface area contributed by atoms with Gasteiger partial charge in [-0.1, -0.05) is 0 Å². The number of hydrogen-bond acceptors (Lipinski definition) is 5. The van der Waals surface area contributed by atoms with Crippen molar-refractivity contribution in [2.45, 2.75) is 20.0 Å². The van der Waals surface area contributed by atoms with Crippen LogP contribution < -0.4 is 10.1 Å². The van der Waals surface area contributed by atoms with Crippen LogP contribution in [-0.4, -0.2) is 33.3 Å². The molecular weight excluding hydrogens is 194 g/mol. The normalized spacial score (nSPS) is 10.9. The van der Waals surface area contributed by atoms with Gasteiger partial charge in [0.05, 0.1) is 12.3 Å². The second-order valence-corrected chi connectivity index (χ2v) is 3.40. The third-order valence-electron chi connectivity index (χ3n) is 1.85. The zero-order chi connectivity index (χ0) is 10.8. The van der Waals surface area contributed by atoms with Crippen molar-refractivity contribution >= 4 is 17.0 Å². The monoisotopic (exact) mass is 207 g/mol. The molecule has 0 aliphatic rings. The molecule has 2 aromatic heterocycles. The van der Waals surface area contributed by atoms with Crippen LogP contribution in [0.25, 0.3) is 11.0 Å². The maximum Gasteiger partial charge on any atom is 0.229 e. The summed E-state index contributed by atoms with van der Waals surface area (Å²) in [7, 11) is 1.76. The van der Waals surface area contributed by atoms with Crippen LogP contribution in [0, 0.1) is 0 Å². The van der Waals surface area contributed by atoms with Gasteiger partial charge < -0.3 is 10.1 Å². The first kappa shape index (κ1) is 9.70. The Kier molecular flexibility index (Phi) is 2.40. The molecule has 2 aromatic rings. The smallest absolute Gasteiger partial charge is 0.229 e. The fourth-order valence-corrected chi connectivity index (χ4v) is 1.23. The van der Waals surface area contributed by atoms with Crippen LogP contribution in [0.3, 0.4) is 0 Å². The Morgan fingerprint density at radius 3 is 2.87 bits per heavy atom. The lowest BCUT2D eigenvalue weighted by Gasteiger charge is -2.09. The summed E-state index contributed by atoms with van der Waals surface area (Å²) < 4.78 is 5.58. The average Bonchev–Trinajstić information content (AvgIpc) is 2.64. The van der Waals surface area contributed by atoms with Crippen molar-refractivity contribution in [3.05, 3.63) is 6.20 Å². The summed E-state index contributed by atoms with van der Waals surface area (Å²) in [5.74, 6) is 1.07. The Bertz CT molecular complexity index is 464. The molecule has 2 heterocycles. The minimum atomic E-state index is 0.0720. The Morgan fingerprint density at radius 2 is 2.20 bits per heavy atom. The van der Waals surface area contributed by atoms with Crippen LogP contribution in [0.2, 0.25) is 0 Å². The molecule has 0 aliphatic heterocycles. The predicted octanol–water partition coefficient (Wildman–Crippen LogP) is 1.18. The molecule has 0 fully saturated rings. The average molecular weight is 207 g/mol. The van der Waals surface area contributed by atoms with Gasteiger partial charge in [0.1, 0.15) is 5.39 Å². The maximum atomic E-state index is 5.58. The molecule has 0 atom stereocenters. The summed E-state index contributed by atoms with van der Waals surface area (Å²) in [4.78, 5) is 8.43. The Balaban J connectivity index is 2.53. The summed E-state index contributed by atoms with van der Waals surface area (Å²) in [5.41, 5.74) is 0.671. The van der Waals surface area contributed by atoms with Crippen LogP contribution in [0.5, 0.6) is 5.88 Å². The van der Waals surface area contributed by atoms with E-state index >= 15 is 0 Å². The first-order valence-electron chi connectivity index (χ1n) is 4.76. The molecule has 0 saturated heterocycles. The van der Waals surface area contributed by atoms with Gasteiger partial charge in [-0.25, -0.2) is 0 Å². The molecule has 0 spiro atoms. The van der Waals surface area contributed by atoms with Crippen LogP contribution in [0.1, 0.15) is 13.8 Å². The van der Waals surface area contributed by atoms with Gasteiger partial charge in [0.25, 0.3) is 0 Å². The van der Waals surface area contributed by atoms with Gasteiger partial charge in [-0.2, -0.15) is 15.1 Å². The van der Waals surface area contributed by atoms with Crippen LogP contribution in [0.15, 0.2) is 6.20 Å². The number of aromatic nitrogens is 4. The number of nitrogens with zero attached hydrogens (tertiary/aromatic N) is 3. The highest BCUT2D eigenvalue weighted by molar-refractivity contribution is 5.80. The summed E-state index contributed by atoms with van der Waals surface area (Å²) >= 11 is 0. The molecule has 6 nitrogen and oxygen atoms in total. The van der Waals surface area contributed by atoms with Crippen LogP contribution in [0.4, 0.5) is 5.95 Å². The number of H-pyrrole nitrogens is 1. The first-order valence-corrected chi connectivity index (χ1v) is 4.76. The summed E-state index contributed by atoms with van der Waals surface area (Å²) in [6.45, 7) is 3.90. The topological polar surface area (TPSA) is 75.7 Å². The van der Waals surface area contributed by atoms with Crippen molar-refractivity contribution in [1.29, 1.82) is 0 Å². The van der Waals surface area contributed by atoms with Crippen molar-refractivity contribution in [1.82, 2.24) is 20.2 Å². The third kappa shape index (κ3) is 1.83. The second kappa shape index (κ2) is 3.72. The van der Waals surface area contributed by atoms with E-state index in [1.54, 1.807) is 13.2 Å². The lowest BCUT2D eigenvalue weighted by Crippen LogP contribution is -2.08. The quantitative estimate of drug-likeness (QED) is 0.790. The SMILES string of the molecule is CNc1nc(OC(C)C)c2cn[nH]c2n1. The number of fused-ring (bicyclic) bond motifs is 1. The van der Waals surface area contributed by atoms with Gasteiger partial charge in [0.2, 0.25) is 11.8 Å². The van der Waals surface area contributed by atoms with Crippen molar-refractivity contribution in [2.75, 3.05) is 12.4 Å². The molecule has 0 bridgehead atoms. The van der Waals surface area contributed by atoms with Crippen LogP contribution in [-0.2, 0) is 0 Å². The molecule has 0 aliphatic carbocycles. The second-order valence-electron chi connectivity index (χ2n) is 3.40. The molecule has 80 valence electrons. The number of hydrogen-bond donors (Lipinski definition) is 2. The van der Waals surface area contributed by atoms with Crippen molar-refractivity contribution in [3.8, 4) is 5.88 Å². The van der Waals surface area contributed by atoms with Gasteiger partial charge in [-0.3, -0.25) is 5.10 Å². The highest BCUT2D eigenvalue weighted by Gasteiger charge is 2.10. The van der Waals surface area contributed by atoms with Crippen molar-refractivity contribution in [3.63, 3.8) is 0 Å². The van der Waals surface area contributed by atoms with E-state index in [0.29, 0.717) is 17.5 Å². The van der Waals surface area contributed by atoms with Crippen molar-refractivity contribution in [2.24, 2.45) is 0 Å². The summed E-state index contributed by atoms with van der Waals surface area (Å²) in [6.07, 6.45) is 1.73. The van der Waals surface area contributed by atoms with E-state index < -0.39 is 0 Å². The first-order chi connectivity index (χ1) is 7.20. The van der Waals surface area contributed by atoms with E-state index in [-0.39, 0.29) is 6.10 Å². The van der Waals surface area contributed by atoms with E-state index in [0.717, 1.165) is 5.39 Å². The highest BCUT2D eigenvalue weighted by Crippen LogP contribution is 2.22. The number of rotatable bonds is 3. The van der Waals surface area contributed by atoms with E-state index in [1.807, 2.05) is 13.8 Å². The van der Waals surface area contributed by atoms with Gasteiger partial charge in [-0.05, 0) is 13.8 Å². The van der Waals surface area contributed by atoms with E-state index in [2.05, 4.69) is 25.5 Å². The molecule has 0 radical (unpaired) electrons. The number of aromatic amines is 1. The molecule has 2 rings (SSSR count). The highest BCUT2D eigenvalue weighted by atomic mass is 16.5. The molecule has 0 aromatic carbocycles. The third-order valence-corrected chi connectivity index (χ3v) is 1.85. The fraction of sp³-hybridized carbons (Fsp3) is 0.444. The van der Waals surface area contributed by atoms with Gasteiger partial charge in [0.15, 0.2) is 5.65 Å². The lowest BCUT2D eigenvalue weighted by molar-refractivity contribution is 0.236. The lowest BCUT2D eigenvalue weighted by atomic mass is 10.4. The molecule has 0 saturated carbocycles. The Hall–Kier alpha value is -1.85. The van der Waals surface area contributed by atoms with Gasteiger partial charge in [-0.15, -0.1) is 0 Å². The minimum absolute atomic E-state index is 0.0720. The Labute approximate surface area is 87.1 Å². The van der Waals surface area contributed by atoms with Gasteiger partial charge >= 0.3 is 0 Å². The Morgan fingerprint density at radius 1 is 1.40 bits per heavy atom. The van der Waals surface area contributed by atoms with Gasteiger partial charge in [0, 0.05) is 7.05 Å². The number of anilines is 1. The minimum Gasteiger partial charge on any atom is -0.474 e. The summed E-state index contributed by atoms with van der Waals surface area (Å²) in [5, 5.41) is 10.4. The molecule has 6 heteroatoms. The molecule has 0 unspecified atom stereocenters. The zero-order valence-electron chi connectivity index (χ0n) is 8.90. The predicted molar refractivity (Wildman–Crippen MR) is 57.0 cm³/mol. The van der Waals surface area contributed by atoms with Crippen LogP contribution >= 0.6 is 0 Å².